The first-order valence-corrected chi connectivity index (χ1v) is 10.2. The van der Waals surface area contributed by atoms with Crippen LogP contribution in [0.1, 0.15) is 12.0 Å². The summed E-state index contributed by atoms with van der Waals surface area (Å²) in [6.07, 6.45) is 6.17. The summed E-state index contributed by atoms with van der Waals surface area (Å²) in [6, 6.07) is 10.8. The van der Waals surface area contributed by atoms with E-state index < -0.39 is 0 Å². The zero-order valence-electron chi connectivity index (χ0n) is 16.6. The topological polar surface area (TPSA) is 57.9 Å². The first kappa shape index (κ1) is 19.0. The van der Waals surface area contributed by atoms with Gasteiger partial charge in [-0.05, 0) is 30.5 Å². The first-order chi connectivity index (χ1) is 13.8. The third-order valence-electron chi connectivity index (χ3n) is 5.59. The molecule has 7 nitrogen and oxygen atoms in total. The Morgan fingerprint density at radius 2 is 2.04 bits per heavy atom. The summed E-state index contributed by atoms with van der Waals surface area (Å²) < 4.78 is 7.41. The number of rotatable bonds is 5. The molecule has 1 N–H and O–H groups in total. The Kier molecular flexibility index (Phi) is 6.24. The lowest BCUT2D eigenvalue weighted by Gasteiger charge is -2.32. The Labute approximate surface area is 167 Å². The molecule has 2 fully saturated rings. The third kappa shape index (κ3) is 4.54. The molecule has 4 rings (SSSR count). The molecule has 0 saturated carbocycles. The van der Waals surface area contributed by atoms with Crippen LogP contribution in [-0.4, -0.2) is 84.6 Å². The van der Waals surface area contributed by atoms with Crippen molar-refractivity contribution >= 4 is 5.96 Å². The SMILES string of the molecule is CN=C(NCCc1cnn(-c2ccccc2)c1)N1CCC(N2CCOCC2)C1. The molecule has 1 atom stereocenters. The lowest BCUT2D eigenvalue weighted by Crippen LogP contribution is -2.46. The van der Waals surface area contributed by atoms with E-state index in [9.17, 15) is 0 Å². The van der Waals surface area contributed by atoms with Gasteiger partial charge in [-0.25, -0.2) is 4.68 Å². The highest BCUT2D eigenvalue weighted by Gasteiger charge is 2.30. The van der Waals surface area contributed by atoms with Crippen LogP contribution < -0.4 is 5.32 Å². The second-order valence-corrected chi connectivity index (χ2v) is 7.39. The van der Waals surface area contributed by atoms with Crippen LogP contribution in [0.15, 0.2) is 47.7 Å². The number of hydrogen-bond donors (Lipinski definition) is 1. The maximum atomic E-state index is 5.48. The van der Waals surface area contributed by atoms with Crippen molar-refractivity contribution in [3.8, 4) is 5.69 Å². The number of nitrogens with zero attached hydrogens (tertiary/aromatic N) is 5. The summed E-state index contributed by atoms with van der Waals surface area (Å²) in [5.74, 6) is 1.01. The number of guanidine groups is 1. The number of para-hydroxylation sites is 1. The number of likely N-dealkylation sites (tertiary alicyclic amines) is 1. The highest BCUT2D eigenvalue weighted by molar-refractivity contribution is 5.80. The number of aromatic nitrogens is 2. The normalized spacial score (nSPS) is 21.2. The Bertz CT molecular complexity index is 768. The zero-order chi connectivity index (χ0) is 19.2. The molecular formula is C21H30N6O. The number of morpholine rings is 1. The standard InChI is InChI=1S/C21H30N6O/c1-22-21(26-10-8-20(17-26)25-11-13-28-14-12-25)23-9-7-18-15-24-27(16-18)19-5-3-2-4-6-19/h2-6,15-16,20H,7-14,17H2,1H3,(H,22,23). The Hall–Kier alpha value is -2.38. The quantitative estimate of drug-likeness (QED) is 0.626. The highest BCUT2D eigenvalue weighted by Crippen LogP contribution is 2.17. The summed E-state index contributed by atoms with van der Waals surface area (Å²) in [5, 5.41) is 8.00. The summed E-state index contributed by atoms with van der Waals surface area (Å²) in [7, 11) is 1.87. The van der Waals surface area contributed by atoms with E-state index in [2.05, 4.69) is 43.5 Å². The van der Waals surface area contributed by atoms with Gasteiger partial charge in [0.2, 0.25) is 0 Å². The number of ether oxygens (including phenoxy) is 1. The predicted molar refractivity (Wildman–Crippen MR) is 111 cm³/mol. The van der Waals surface area contributed by atoms with Crippen molar-refractivity contribution in [3.05, 3.63) is 48.3 Å². The van der Waals surface area contributed by atoms with Gasteiger partial charge in [0.15, 0.2) is 5.96 Å². The zero-order valence-corrected chi connectivity index (χ0v) is 16.6. The summed E-state index contributed by atoms with van der Waals surface area (Å²) >= 11 is 0. The van der Waals surface area contributed by atoms with E-state index in [0.29, 0.717) is 6.04 Å². The van der Waals surface area contributed by atoms with Crippen molar-refractivity contribution in [2.24, 2.45) is 4.99 Å². The van der Waals surface area contributed by atoms with Crippen LogP contribution in [-0.2, 0) is 11.2 Å². The van der Waals surface area contributed by atoms with E-state index in [1.54, 1.807) is 0 Å². The molecule has 3 heterocycles. The van der Waals surface area contributed by atoms with Gasteiger partial charge >= 0.3 is 0 Å². The molecule has 0 radical (unpaired) electrons. The Morgan fingerprint density at radius 3 is 2.82 bits per heavy atom. The highest BCUT2D eigenvalue weighted by atomic mass is 16.5. The van der Waals surface area contributed by atoms with Crippen LogP contribution in [0.3, 0.4) is 0 Å². The molecule has 28 heavy (non-hydrogen) atoms. The molecular weight excluding hydrogens is 352 g/mol. The van der Waals surface area contributed by atoms with E-state index in [-0.39, 0.29) is 0 Å². The monoisotopic (exact) mass is 382 g/mol. The van der Waals surface area contributed by atoms with Gasteiger partial charge in [-0.2, -0.15) is 5.10 Å². The summed E-state index contributed by atoms with van der Waals surface area (Å²) in [5.41, 5.74) is 2.31. The fraction of sp³-hybridized carbons (Fsp3) is 0.524. The molecule has 150 valence electrons. The number of benzene rings is 1. The van der Waals surface area contributed by atoms with E-state index in [1.807, 2.05) is 36.1 Å². The minimum Gasteiger partial charge on any atom is -0.379 e. The van der Waals surface area contributed by atoms with Gasteiger partial charge in [0.25, 0.3) is 0 Å². The average molecular weight is 383 g/mol. The van der Waals surface area contributed by atoms with Crippen molar-refractivity contribution < 1.29 is 4.74 Å². The first-order valence-electron chi connectivity index (χ1n) is 10.2. The van der Waals surface area contributed by atoms with Gasteiger partial charge in [0.1, 0.15) is 0 Å². The summed E-state index contributed by atoms with van der Waals surface area (Å²) in [4.78, 5) is 9.45. The van der Waals surface area contributed by atoms with E-state index in [0.717, 1.165) is 64.0 Å². The van der Waals surface area contributed by atoms with E-state index in [4.69, 9.17) is 4.74 Å². The molecule has 0 aliphatic carbocycles. The molecule has 2 aromatic rings. The van der Waals surface area contributed by atoms with Gasteiger partial charge in [-0.1, -0.05) is 18.2 Å². The van der Waals surface area contributed by atoms with Crippen molar-refractivity contribution in [1.82, 2.24) is 24.9 Å². The van der Waals surface area contributed by atoms with Gasteiger partial charge in [-0.15, -0.1) is 0 Å². The minimum absolute atomic E-state index is 0.617. The minimum atomic E-state index is 0.617. The smallest absolute Gasteiger partial charge is 0.193 e. The van der Waals surface area contributed by atoms with Gasteiger partial charge in [-0.3, -0.25) is 9.89 Å². The number of hydrogen-bond acceptors (Lipinski definition) is 4. The van der Waals surface area contributed by atoms with Gasteiger partial charge in [0, 0.05) is 52.0 Å². The van der Waals surface area contributed by atoms with Crippen molar-refractivity contribution in [1.29, 1.82) is 0 Å². The maximum Gasteiger partial charge on any atom is 0.193 e. The molecule has 0 bridgehead atoms. The Balaban J connectivity index is 1.25. The fourth-order valence-corrected chi connectivity index (χ4v) is 4.04. The molecule has 2 saturated heterocycles. The number of aliphatic imine (C=N–C) groups is 1. The van der Waals surface area contributed by atoms with Gasteiger partial charge in [0.05, 0.1) is 25.1 Å². The van der Waals surface area contributed by atoms with Crippen LogP contribution in [0.2, 0.25) is 0 Å². The van der Waals surface area contributed by atoms with Crippen LogP contribution >= 0.6 is 0 Å². The molecule has 2 aliphatic rings. The Morgan fingerprint density at radius 1 is 1.21 bits per heavy atom. The molecule has 2 aliphatic heterocycles. The van der Waals surface area contributed by atoms with Crippen molar-refractivity contribution in [2.45, 2.75) is 18.9 Å². The third-order valence-corrected chi connectivity index (χ3v) is 5.59. The molecule has 0 amide bonds. The molecule has 1 aromatic heterocycles. The fourth-order valence-electron chi connectivity index (χ4n) is 4.04. The second-order valence-electron chi connectivity index (χ2n) is 7.39. The second kappa shape index (κ2) is 9.21. The molecule has 1 aromatic carbocycles. The average Bonchev–Trinajstić information content (AvgIpc) is 3.43. The van der Waals surface area contributed by atoms with Crippen molar-refractivity contribution in [2.75, 3.05) is 53.0 Å². The predicted octanol–water partition coefficient (Wildman–Crippen LogP) is 1.40. The largest absolute Gasteiger partial charge is 0.379 e. The maximum absolute atomic E-state index is 5.48. The molecule has 7 heteroatoms. The summed E-state index contributed by atoms with van der Waals surface area (Å²) in [6.45, 7) is 6.79. The van der Waals surface area contributed by atoms with Crippen LogP contribution in [0, 0.1) is 0 Å². The van der Waals surface area contributed by atoms with Crippen LogP contribution in [0.25, 0.3) is 5.69 Å². The van der Waals surface area contributed by atoms with Crippen molar-refractivity contribution in [3.63, 3.8) is 0 Å². The van der Waals surface area contributed by atoms with E-state index in [1.165, 1.54) is 12.0 Å². The number of nitrogens with one attached hydrogen (secondary N) is 1. The molecule has 0 spiro atoms. The lowest BCUT2D eigenvalue weighted by atomic mass is 10.2. The molecule has 1 unspecified atom stereocenters. The van der Waals surface area contributed by atoms with Crippen LogP contribution in [0.4, 0.5) is 0 Å². The lowest BCUT2D eigenvalue weighted by molar-refractivity contribution is 0.0195. The van der Waals surface area contributed by atoms with Crippen LogP contribution in [0.5, 0.6) is 0 Å². The van der Waals surface area contributed by atoms with E-state index >= 15 is 0 Å². The van der Waals surface area contributed by atoms with Gasteiger partial charge < -0.3 is 15.0 Å².